The largest absolute Gasteiger partial charge is 0.481 e. The maximum Gasteiger partial charge on any atom is 0.341 e. The summed E-state index contributed by atoms with van der Waals surface area (Å²) in [6, 6.07) is 11.6. The Morgan fingerprint density at radius 3 is 2.39 bits per heavy atom. The standard InChI is InChI=1S/C22H19NO5/c1-12-20(22(26)27)21(28-23-12)16-6-8-18-15(11-16)4-2-3-14-9-13(10-19(24)25)5-7-17(14)18/h5-9,11H,2-4,10H2,1H3,(H,24,25)(H,26,27). The normalized spacial score (nSPS) is 12.8. The molecule has 0 fully saturated rings. The van der Waals surface area contributed by atoms with Crippen LogP contribution in [0.15, 0.2) is 40.9 Å². The van der Waals surface area contributed by atoms with Crippen LogP contribution >= 0.6 is 0 Å². The van der Waals surface area contributed by atoms with E-state index in [1.54, 1.807) is 6.92 Å². The second-order valence-corrected chi connectivity index (χ2v) is 7.06. The van der Waals surface area contributed by atoms with Crippen molar-refractivity contribution in [2.75, 3.05) is 0 Å². The number of hydrogen-bond donors (Lipinski definition) is 2. The number of hydrogen-bond acceptors (Lipinski definition) is 4. The Morgan fingerprint density at radius 2 is 1.71 bits per heavy atom. The maximum absolute atomic E-state index is 11.6. The molecule has 1 aliphatic rings. The summed E-state index contributed by atoms with van der Waals surface area (Å²) in [5.74, 6) is -1.62. The Hall–Kier alpha value is -3.41. The first kappa shape index (κ1) is 18.0. The Balaban J connectivity index is 1.78. The number of nitrogens with zero attached hydrogens (tertiary/aromatic N) is 1. The Kier molecular flexibility index (Phi) is 4.47. The van der Waals surface area contributed by atoms with Crippen LogP contribution in [0.2, 0.25) is 0 Å². The van der Waals surface area contributed by atoms with Gasteiger partial charge in [-0.15, -0.1) is 0 Å². The van der Waals surface area contributed by atoms with Crippen molar-refractivity contribution in [2.24, 2.45) is 0 Å². The number of carbonyl (C=O) groups is 2. The van der Waals surface area contributed by atoms with E-state index < -0.39 is 11.9 Å². The van der Waals surface area contributed by atoms with Crippen LogP contribution in [0.1, 0.15) is 39.2 Å². The highest BCUT2D eigenvalue weighted by Crippen LogP contribution is 2.36. The number of aromatic carboxylic acids is 1. The van der Waals surface area contributed by atoms with Crippen molar-refractivity contribution in [1.82, 2.24) is 5.16 Å². The Labute approximate surface area is 161 Å². The minimum absolute atomic E-state index is 0.0158. The summed E-state index contributed by atoms with van der Waals surface area (Å²) in [5.41, 5.74) is 6.39. The van der Waals surface area contributed by atoms with E-state index in [2.05, 4.69) is 5.16 Å². The van der Waals surface area contributed by atoms with E-state index in [4.69, 9.17) is 9.63 Å². The first-order valence-electron chi connectivity index (χ1n) is 9.11. The molecule has 142 valence electrons. The average Bonchev–Trinajstić information content (AvgIpc) is 2.94. The second-order valence-electron chi connectivity index (χ2n) is 7.06. The first-order chi connectivity index (χ1) is 13.4. The Morgan fingerprint density at radius 1 is 1.04 bits per heavy atom. The van der Waals surface area contributed by atoms with Crippen LogP contribution in [0.4, 0.5) is 0 Å². The molecule has 1 heterocycles. The van der Waals surface area contributed by atoms with E-state index in [1.807, 2.05) is 36.4 Å². The second kappa shape index (κ2) is 6.96. The maximum atomic E-state index is 11.6. The smallest absolute Gasteiger partial charge is 0.341 e. The summed E-state index contributed by atoms with van der Waals surface area (Å²) in [6.45, 7) is 1.62. The number of carboxylic acids is 2. The zero-order valence-corrected chi connectivity index (χ0v) is 15.4. The number of rotatable bonds is 4. The highest BCUT2D eigenvalue weighted by Gasteiger charge is 2.23. The molecule has 4 rings (SSSR count). The lowest BCUT2D eigenvalue weighted by atomic mass is 9.92. The van der Waals surface area contributed by atoms with Gasteiger partial charge in [-0.05, 0) is 60.1 Å². The van der Waals surface area contributed by atoms with E-state index >= 15 is 0 Å². The molecular formula is C22H19NO5. The lowest BCUT2D eigenvalue weighted by molar-refractivity contribution is -0.136. The molecule has 2 aromatic carbocycles. The van der Waals surface area contributed by atoms with E-state index in [0.717, 1.165) is 47.1 Å². The third kappa shape index (κ3) is 3.17. The molecule has 0 atom stereocenters. The van der Waals surface area contributed by atoms with Gasteiger partial charge in [0.2, 0.25) is 0 Å². The molecule has 0 unspecified atom stereocenters. The fourth-order valence-electron chi connectivity index (χ4n) is 3.89. The quantitative estimate of drug-likeness (QED) is 0.709. The van der Waals surface area contributed by atoms with Crippen LogP contribution in [0.25, 0.3) is 22.5 Å². The molecule has 1 aliphatic carbocycles. The molecule has 0 saturated heterocycles. The van der Waals surface area contributed by atoms with Crippen LogP contribution in [-0.4, -0.2) is 27.3 Å². The SMILES string of the molecule is Cc1noc(-c2ccc3c(c2)CCCc2cc(CC(=O)O)ccc2-3)c1C(=O)O. The molecule has 6 nitrogen and oxygen atoms in total. The van der Waals surface area contributed by atoms with Crippen LogP contribution in [0, 0.1) is 6.92 Å². The minimum atomic E-state index is -1.06. The number of carboxylic acid groups (broad SMARTS) is 2. The van der Waals surface area contributed by atoms with Crippen molar-refractivity contribution in [3.05, 3.63) is 64.3 Å². The minimum Gasteiger partial charge on any atom is -0.481 e. The third-order valence-corrected chi connectivity index (χ3v) is 5.15. The summed E-state index contributed by atoms with van der Waals surface area (Å²) in [6.07, 6.45) is 2.67. The molecule has 0 bridgehead atoms. The molecular weight excluding hydrogens is 358 g/mol. The van der Waals surface area contributed by atoms with Crippen molar-refractivity contribution in [2.45, 2.75) is 32.6 Å². The average molecular weight is 377 g/mol. The van der Waals surface area contributed by atoms with E-state index in [9.17, 15) is 14.7 Å². The zero-order valence-electron chi connectivity index (χ0n) is 15.4. The van der Waals surface area contributed by atoms with Gasteiger partial charge in [0, 0.05) is 5.56 Å². The fourth-order valence-corrected chi connectivity index (χ4v) is 3.89. The van der Waals surface area contributed by atoms with Gasteiger partial charge in [0.25, 0.3) is 0 Å². The van der Waals surface area contributed by atoms with Crippen LogP contribution in [0.3, 0.4) is 0 Å². The van der Waals surface area contributed by atoms with Crippen LogP contribution in [0.5, 0.6) is 0 Å². The number of fused-ring (bicyclic) bond motifs is 3. The van der Waals surface area contributed by atoms with E-state index in [-0.39, 0.29) is 17.7 Å². The zero-order chi connectivity index (χ0) is 19.8. The Bertz CT molecular complexity index is 1100. The van der Waals surface area contributed by atoms with Gasteiger partial charge in [0.1, 0.15) is 5.56 Å². The monoisotopic (exact) mass is 377 g/mol. The van der Waals surface area contributed by atoms with Crippen molar-refractivity contribution in [3.8, 4) is 22.5 Å². The van der Waals surface area contributed by atoms with E-state index in [1.165, 1.54) is 0 Å². The molecule has 28 heavy (non-hydrogen) atoms. The lowest BCUT2D eigenvalue weighted by Gasteiger charge is -2.12. The molecule has 0 spiro atoms. The summed E-state index contributed by atoms with van der Waals surface area (Å²) < 4.78 is 5.30. The molecule has 0 saturated carbocycles. The van der Waals surface area contributed by atoms with Gasteiger partial charge in [-0.1, -0.05) is 35.5 Å². The number of aromatic nitrogens is 1. The van der Waals surface area contributed by atoms with Crippen molar-refractivity contribution < 1.29 is 24.3 Å². The van der Waals surface area contributed by atoms with Gasteiger partial charge in [-0.3, -0.25) is 4.79 Å². The van der Waals surface area contributed by atoms with E-state index in [0.29, 0.717) is 11.3 Å². The predicted molar refractivity (Wildman–Crippen MR) is 102 cm³/mol. The number of benzene rings is 2. The summed E-state index contributed by atoms with van der Waals surface area (Å²) in [4.78, 5) is 22.5. The number of aliphatic carboxylic acids is 1. The van der Waals surface area contributed by atoms with Gasteiger partial charge in [-0.2, -0.15) is 0 Å². The van der Waals surface area contributed by atoms with Crippen molar-refractivity contribution >= 4 is 11.9 Å². The van der Waals surface area contributed by atoms with Crippen molar-refractivity contribution in [3.63, 3.8) is 0 Å². The highest BCUT2D eigenvalue weighted by molar-refractivity contribution is 5.95. The summed E-state index contributed by atoms with van der Waals surface area (Å²) in [5, 5.41) is 22.3. The van der Waals surface area contributed by atoms with Crippen LogP contribution < -0.4 is 0 Å². The predicted octanol–water partition coefficient (Wildman–Crippen LogP) is 4.13. The molecule has 6 heteroatoms. The fraction of sp³-hybridized carbons (Fsp3) is 0.227. The molecule has 0 amide bonds. The molecule has 0 aliphatic heterocycles. The molecule has 2 N–H and O–H groups in total. The summed E-state index contributed by atoms with van der Waals surface area (Å²) >= 11 is 0. The van der Waals surface area contributed by atoms with Gasteiger partial charge >= 0.3 is 11.9 Å². The molecule has 0 radical (unpaired) electrons. The molecule has 3 aromatic rings. The molecule has 1 aromatic heterocycles. The third-order valence-electron chi connectivity index (χ3n) is 5.15. The highest BCUT2D eigenvalue weighted by atomic mass is 16.5. The lowest BCUT2D eigenvalue weighted by Crippen LogP contribution is -2.01. The van der Waals surface area contributed by atoms with Gasteiger partial charge in [0.15, 0.2) is 5.76 Å². The van der Waals surface area contributed by atoms with Crippen molar-refractivity contribution in [1.29, 1.82) is 0 Å². The topological polar surface area (TPSA) is 101 Å². The van der Waals surface area contributed by atoms with Crippen LogP contribution in [-0.2, 0) is 24.1 Å². The van der Waals surface area contributed by atoms with Gasteiger partial charge in [0.05, 0.1) is 12.1 Å². The first-order valence-corrected chi connectivity index (χ1v) is 9.11. The van der Waals surface area contributed by atoms with Gasteiger partial charge < -0.3 is 14.7 Å². The summed E-state index contributed by atoms with van der Waals surface area (Å²) in [7, 11) is 0. The number of aryl methyl sites for hydroxylation is 3. The van der Waals surface area contributed by atoms with Gasteiger partial charge in [-0.25, -0.2) is 4.79 Å².